The first kappa shape index (κ1) is 35.8. The van der Waals surface area contributed by atoms with Gasteiger partial charge in [0.15, 0.2) is 6.10 Å². The predicted octanol–water partition coefficient (Wildman–Crippen LogP) is 5.93. The minimum atomic E-state index is -1.44. The summed E-state index contributed by atoms with van der Waals surface area (Å²) in [5.41, 5.74) is 0.345. The number of aliphatic hydroxyl groups excluding tert-OH is 1. The zero-order valence-corrected chi connectivity index (χ0v) is 28.2. The first-order valence-electron chi connectivity index (χ1n) is 17.3. The van der Waals surface area contributed by atoms with Crippen molar-refractivity contribution in [3.8, 4) is 0 Å². The number of carbonyl (C=O) groups is 2. The van der Waals surface area contributed by atoms with Crippen molar-refractivity contribution in [2.75, 3.05) is 26.2 Å². The van der Waals surface area contributed by atoms with E-state index in [4.69, 9.17) is 9.47 Å². The lowest BCUT2D eigenvalue weighted by atomic mass is 9.88. The van der Waals surface area contributed by atoms with E-state index in [1.54, 1.807) is 24.1 Å². The van der Waals surface area contributed by atoms with E-state index >= 15 is 0 Å². The highest BCUT2D eigenvalue weighted by molar-refractivity contribution is 5.70. The number of carbonyl (C=O) groups excluding carboxylic acids is 2. The van der Waals surface area contributed by atoms with Crippen LogP contribution in [0.15, 0.2) is 60.3 Å². The topological polar surface area (TPSA) is 112 Å². The molecular weight excluding hydrogens is 582 g/mol. The molecule has 0 bridgehead atoms. The Labute approximate surface area is 275 Å². The number of aliphatic hydroxyl groups is 2. The molecule has 0 unspecified atom stereocenters. The van der Waals surface area contributed by atoms with E-state index in [1.165, 1.54) is 38.5 Å². The summed E-state index contributed by atoms with van der Waals surface area (Å²) in [6.07, 6.45) is 16.0. The number of cyclic esters (lactones) is 1. The molecule has 1 aromatic rings. The maximum absolute atomic E-state index is 13.4. The number of hydrogen-bond donors (Lipinski definition) is 2. The Kier molecular flexibility index (Phi) is 13.4. The van der Waals surface area contributed by atoms with Crippen molar-refractivity contribution < 1.29 is 29.3 Å². The van der Waals surface area contributed by atoms with Gasteiger partial charge in [-0.1, -0.05) is 69.9 Å². The van der Waals surface area contributed by atoms with Crippen LogP contribution in [0.4, 0.5) is 4.79 Å². The van der Waals surface area contributed by atoms with Gasteiger partial charge >= 0.3 is 12.1 Å². The summed E-state index contributed by atoms with van der Waals surface area (Å²) in [5.74, 6) is -0.685. The monoisotopic (exact) mass is 637 g/mol. The van der Waals surface area contributed by atoms with Gasteiger partial charge in [-0.05, 0) is 63.3 Å². The van der Waals surface area contributed by atoms with Gasteiger partial charge in [-0.2, -0.15) is 0 Å². The van der Waals surface area contributed by atoms with Crippen LogP contribution in [0.25, 0.3) is 0 Å². The third kappa shape index (κ3) is 10.5. The summed E-state index contributed by atoms with van der Waals surface area (Å²) in [7, 11) is 0. The van der Waals surface area contributed by atoms with Crippen molar-refractivity contribution in [2.45, 2.75) is 121 Å². The van der Waals surface area contributed by atoms with E-state index in [2.05, 4.69) is 16.8 Å². The molecule has 6 atom stereocenters. The third-order valence-corrected chi connectivity index (χ3v) is 9.83. The Morgan fingerprint density at radius 1 is 1.11 bits per heavy atom. The molecule has 1 aliphatic carbocycles. The Bertz CT molecular complexity index is 1200. The standard InChI is InChI=1S/C37H55N3O6/c1-27(32-16-9-10-21-38-32)12-11-13-28(2)35-29(3)17-18-33(37(4,44)20-19-31(41)26-34(42)46-35)45-36(43)40-24-22-39(23-25-40)30-14-7-5-6-8-15-30/h9-13,16-18,21,27,29-31,33,35,41,44H,5-8,14-15,19-20,22-26H2,1-4H3/b12-11+,18-17+,28-13+/t27-,29-,31+,33-,35+,37+/m0/s1. The van der Waals surface area contributed by atoms with E-state index in [1.807, 2.05) is 56.4 Å². The lowest BCUT2D eigenvalue weighted by Gasteiger charge is -2.40. The number of allylic oxidation sites excluding steroid dienone is 3. The molecule has 254 valence electrons. The number of nitrogens with zero attached hydrogens (tertiary/aromatic N) is 3. The number of esters is 1. The van der Waals surface area contributed by atoms with Crippen LogP contribution >= 0.6 is 0 Å². The number of aromatic nitrogens is 1. The predicted molar refractivity (Wildman–Crippen MR) is 179 cm³/mol. The minimum absolute atomic E-state index is 0.106. The van der Waals surface area contributed by atoms with Crippen molar-refractivity contribution in [1.82, 2.24) is 14.8 Å². The summed E-state index contributed by atoms with van der Waals surface area (Å²) >= 11 is 0. The summed E-state index contributed by atoms with van der Waals surface area (Å²) in [5, 5.41) is 22.1. The second-order valence-electron chi connectivity index (χ2n) is 13.7. The maximum Gasteiger partial charge on any atom is 0.410 e. The molecule has 2 N–H and O–H groups in total. The SMILES string of the molecule is C/C(=C\C=C\[C@H](C)c1ccccn1)[C@H]1OC(=O)C[C@H](O)CC[C@@](C)(O)[C@@H](OC(=O)N2CCN(C3CCCCCC3)CC2)/C=C/[C@@H]1C. The molecule has 3 aliphatic rings. The average molecular weight is 638 g/mol. The van der Waals surface area contributed by atoms with Crippen LogP contribution in [0.1, 0.15) is 97.1 Å². The number of piperazine rings is 1. The van der Waals surface area contributed by atoms with Gasteiger partial charge in [0.1, 0.15) is 11.7 Å². The molecule has 4 rings (SSSR count). The van der Waals surface area contributed by atoms with Gasteiger partial charge in [-0.15, -0.1) is 0 Å². The highest BCUT2D eigenvalue weighted by Crippen LogP contribution is 2.28. The Morgan fingerprint density at radius 3 is 2.50 bits per heavy atom. The minimum Gasteiger partial charge on any atom is -0.457 e. The first-order valence-corrected chi connectivity index (χ1v) is 17.3. The second-order valence-corrected chi connectivity index (χ2v) is 13.7. The zero-order chi connectivity index (χ0) is 33.1. The molecule has 3 heterocycles. The molecule has 9 nitrogen and oxygen atoms in total. The van der Waals surface area contributed by atoms with Crippen LogP contribution in [-0.2, 0) is 14.3 Å². The molecule has 0 spiro atoms. The zero-order valence-electron chi connectivity index (χ0n) is 28.2. The molecule has 1 saturated heterocycles. The van der Waals surface area contributed by atoms with Gasteiger partial charge in [0, 0.05) is 55.9 Å². The molecule has 2 aliphatic heterocycles. The molecule has 9 heteroatoms. The van der Waals surface area contributed by atoms with Crippen LogP contribution in [0.2, 0.25) is 0 Å². The molecular formula is C37H55N3O6. The molecule has 2 fully saturated rings. The lowest BCUT2D eigenvalue weighted by molar-refractivity contribution is -0.151. The molecule has 1 aromatic heterocycles. The average Bonchev–Trinajstić information content (AvgIpc) is 3.34. The van der Waals surface area contributed by atoms with Crippen molar-refractivity contribution in [3.63, 3.8) is 0 Å². The van der Waals surface area contributed by atoms with Crippen LogP contribution < -0.4 is 0 Å². The number of pyridine rings is 1. The molecule has 46 heavy (non-hydrogen) atoms. The van der Waals surface area contributed by atoms with Gasteiger partial charge < -0.3 is 24.6 Å². The highest BCUT2D eigenvalue weighted by atomic mass is 16.6. The van der Waals surface area contributed by atoms with Crippen LogP contribution in [0, 0.1) is 5.92 Å². The molecule has 1 saturated carbocycles. The van der Waals surface area contributed by atoms with Crippen molar-refractivity contribution in [3.05, 3.63) is 66.0 Å². The fourth-order valence-corrected chi connectivity index (χ4v) is 6.74. The van der Waals surface area contributed by atoms with E-state index in [0.29, 0.717) is 19.1 Å². The molecule has 0 radical (unpaired) electrons. The lowest BCUT2D eigenvalue weighted by Crippen LogP contribution is -2.53. The molecule has 1 amide bonds. The normalized spacial score (nSPS) is 31.3. The van der Waals surface area contributed by atoms with Gasteiger partial charge in [0.25, 0.3) is 0 Å². The summed E-state index contributed by atoms with van der Waals surface area (Å²) < 4.78 is 11.9. The number of hydrogen-bond acceptors (Lipinski definition) is 8. The Balaban J connectivity index is 1.45. The third-order valence-electron chi connectivity index (χ3n) is 9.83. The fourth-order valence-electron chi connectivity index (χ4n) is 6.74. The number of ether oxygens (including phenoxy) is 2. The van der Waals surface area contributed by atoms with E-state index in [0.717, 1.165) is 24.4 Å². The highest BCUT2D eigenvalue weighted by Gasteiger charge is 2.37. The number of amides is 1. The van der Waals surface area contributed by atoms with Gasteiger partial charge in [-0.25, -0.2) is 4.79 Å². The van der Waals surface area contributed by atoms with Gasteiger partial charge in [0.2, 0.25) is 0 Å². The summed E-state index contributed by atoms with van der Waals surface area (Å²) in [4.78, 5) is 34.9. The first-order chi connectivity index (χ1) is 22.0. The maximum atomic E-state index is 13.4. The van der Waals surface area contributed by atoms with Crippen molar-refractivity contribution in [2.24, 2.45) is 5.92 Å². The largest absolute Gasteiger partial charge is 0.457 e. The summed E-state index contributed by atoms with van der Waals surface area (Å²) in [6.45, 7) is 10.4. The van der Waals surface area contributed by atoms with Crippen molar-refractivity contribution >= 4 is 12.1 Å². The Hall–Kier alpha value is -3.01. The number of rotatable bonds is 6. The second kappa shape index (κ2) is 17.2. The van der Waals surface area contributed by atoms with Crippen LogP contribution in [0.3, 0.4) is 0 Å². The Morgan fingerprint density at radius 2 is 1.83 bits per heavy atom. The summed E-state index contributed by atoms with van der Waals surface area (Å²) in [6, 6.07) is 6.43. The molecule has 0 aromatic carbocycles. The van der Waals surface area contributed by atoms with E-state index in [9.17, 15) is 19.8 Å². The van der Waals surface area contributed by atoms with E-state index in [-0.39, 0.29) is 31.1 Å². The van der Waals surface area contributed by atoms with Gasteiger partial charge in [-0.3, -0.25) is 14.7 Å². The van der Waals surface area contributed by atoms with Crippen LogP contribution in [0.5, 0.6) is 0 Å². The smallest absolute Gasteiger partial charge is 0.410 e. The van der Waals surface area contributed by atoms with E-state index < -0.39 is 36.0 Å². The quantitative estimate of drug-likeness (QED) is 0.171. The van der Waals surface area contributed by atoms with Crippen LogP contribution in [-0.4, -0.2) is 93.2 Å². The fraction of sp³-hybridized carbons (Fsp3) is 0.649. The van der Waals surface area contributed by atoms with Gasteiger partial charge in [0.05, 0.1) is 12.5 Å². The van der Waals surface area contributed by atoms with Crippen molar-refractivity contribution in [1.29, 1.82) is 0 Å².